The quantitative estimate of drug-likeness (QED) is 0.934. The molecule has 84 valence electrons. The number of thiophene rings is 1. The Balaban J connectivity index is 1.82. The van der Waals surface area contributed by atoms with E-state index in [0.29, 0.717) is 0 Å². The summed E-state index contributed by atoms with van der Waals surface area (Å²) in [5, 5.41) is 5.53. The fourth-order valence-electron chi connectivity index (χ4n) is 1.38. The number of aryl methyl sites for hydroxylation is 1. The molecule has 2 rings (SSSR count). The Morgan fingerprint density at radius 2 is 2.25 bits per heavy atom. The third kappa shape index (κ3) is 3.40. The summed E-state index contributed by atoms with van der Waals surface area (Å²) in [5.41, 5.74) is 3.59. The predicted octanol–water partition coefficient (Wildman–Crippen LogP) is 3.50. The number of aromatic nitrogens is 1. The molecule has 2 aromatic heterocycles. The van der Waals surface area contributed by atoms with Crippen molar-refractivity contribution in [2.24, 2.45) is 0 Å². The number of nitrogens with zero attached hydrogens (tertiary/aromatic N) is 1. The van der Waals surface area contributed by atoms with Gasteiger partial charge in [0.15, 0.2) is 0 Å². The lowest BCUT2D eigenvalue weighted by Crippen LogP contribution is -2.13. The molecule has 2 heterocycles. The van der Waals surface area contributed by atoms with E-state index in [4.69, 9.17) is 0 Å². The van der Waals surface area contributed by atoms with Crippen LogP contribution in [0.3, 0.4) is 0 Å². The summed E-state index contributed by atoms with van der Waals surface area (Å²) in [6.45, 7) is 3.75. The molecule has 1 N–H and O–H groups in total. The lowest BCUT2D eigenvalue weighted by Gasteiger charge is -2.02. The standard InChI is InChI=1S/C12H13BrN2S/c1-9-2-3-11(15-5-9)7-14-6-10-4-12(13)16-8-10/h2-5,8,14H,6-7H2,1H3. The fourth-order valence-corrected chi connectivity index (χ4v) is 2.59. The first-order valence-electron chi connectivity index (χ1n) is 5.09. The molecule has 0 aliphatic rings. The second kappa shape index (κ2) is 5.57. The second-order valence-electron chi connectivity index (χ2n) is 3.69. The van der Waals surface area contributed by atoms with E-state index in [9.17, 15) is 0 Å². The first kappa shape index (κ1) is 11.8. The van der Waals surface area contributed by atoms with Gasteiger partial charge in [0.25, 0.3) is 0 Å². The molecule has 0 saturated carbocycles. The third-order valence-corrected chi connectivity index (χ3v) is 3.78. The normalized spacial score (nSPS) is 10.6. The Labute approximate surface area is 108 Å². The summed E-state index contributed by atoms with van der Waals surface area (Å²) in [6, 6.07) is 6.29. The minimum atomic E-state index is 0.813. The number of rotatable bonds is 4. The monoisotopic (exact) mass is 296 g/mol. The molecule has 0 radical (unpaired) electrons. The maximum absolute atomic E-state index is 4.35. The highest BCUT2D eigenvalue weighted by molar-refractivity contribution is 9.11. The van der Waals surface area contributed by atoms with E-state index >= 15 is 0 Å². The first-order chi connectivity index (χ1) is 7.74. The van der Waals surface area contributed by atoms with Crippen molar-refractivity contribution in [1.29, 1.82) is 0 Å². The van der Waals surface area contributed by atoms with Gasteiger partial charge in [-0.15, -0.1) is 11.3 Å². The lowest BCUT2D eigenvalue weighted by molar-refractivity contribution is 0.680. The molecule has 0 aliphatic heterocycles. The highest BCUT2D eigenvalue weighted by atomic mass is 79.9. The maximum atomic E-state index is 4.35. The maximum Gasteiger partial charge on any atom is 0.0701 e. The van der Waals surface area contributed by atoms with Gasteiger partial charge in [0, 0.05) is 19.3 Å². The van der Waals surface area contributed by atoms with Gasteiger partial charge in [-0.2, -0.15) is 0 Å². The van der Waals surface area contributed by atoms with Gasteiger partial charge in [0.2, 0.25) is 0 Å². The average molecular weight is 297 g/mol. The van der Waals surface area contributed by atoms with Gasteiger partial charge >= 0.3 is 0 Å². The molecule has 4 heteroatoms. The minimum absolute atomic E-state index is 0.813. The first-order valence-corrected chi connectivity index (χ1v) is 6.76. The molecule has 2 nitrogen and oxygen atoms in total. The van der Waals surface area contributed by atoms with E-state index in [1.807, 2.05) is 13.1 Å². The highest BCUT2D eigenvalue weighted by Crippen LogP contribution is 2.20. The summed E-state index contributed by atoms with van der Waals surface area (Å²) < 4.78 is 1.18. The van der Waals surface area contributed by atoms with Gasteiger partial charge in [-0.1, -0.05) is 6.07 Å². The molecule has 0 saturated heterocycles. The zero-order valence-corrected chi connectivity index (χ0v) is 11.4. The van der Waals surface area contributed by atoms with Crippen molar-refractivity contribution in [2.45, 2.75) is 20.0 Å². The Hall–Kier alpha value is -0.710. The summed E-state index contributed by atoms with van der Waals surface area (Å²) >= 11 is 5.17. The summed E-state index contributed by atoms with van der Waals surface area (Å²) in [6.07, 6.45) is 1.90. The predicted molar refractivity (Wildman–Crippen MR) is 71.5 cm³/mol. The van der Waals surface area contributed by atoms with Crippen molar-refractivity contribution in [3.63, 3.8) is 0 Å². The molecule has 0 aromatic carbocycles. The minimum Gasteiger partial charge on any atom is -0.307 e. The van der Waals surface area contributed by atoms with Crippen molar-refractivity contribution in [2.75, 3.05) is 0 Å². The van der Waals surface area contributed by atoms with Crippen LogP contribution in [-0.2, 0) is 13.1 Å². The molecule has 0 bridgehead atoms. The van der Waals surface area contributed by atoms with Gasteiger partial charge in [-0.3, -0.25) is 4.98 Å². The Morgan fingerprint density at radius 1 is 1.38 bits per heavy atom. The van der Waals surface area contributed by atoms with Crippen LogP contribution < -0.4 is 5.32 Å². The van der Waals surface area contributed by atoms with Crippen molar-refractivity contribution in [1.82, 2.24) is 10.3 Å². The molecule has 2 aromatic rings. The van der Waals surface area contributed by atoms with E-state index in [1.54, 1.807) is 11.3 Å². The molecule has 0 atom stereocenters. The molecule has 0 unspecified atom stereocenters. The van der Waals surface area contributed by atoms with Crippen LogP contribution in [0.15, 0.2) is 33.6 Å². The lowest BCUT2D eigenvalue weighted by atomic mass is 10.2. The van der Waals surface area contributed by atoms with Gasteiger partial charge in [-0.05, 0) is 51.5 Å². The molecule has 0 fully saturated rings. The zero-order valence-electron chi connectivity index (χ0n) is 9.03. The number of hydrogen-bond donors (Lipinski definition) is 1. The smallest absolute Gasteiger partial charge is 0.0701 e. The van der Waals surface area contributed by atoms with Crippen molar-refractivity contribution in [3.8, 4) is 0 Å². The average Bonchev–Trinajstić information content (AvgIpc) is 2.67. The topological polar surface area (TPSA) is 24.9 Å². The Morgan fingerprint density at radius 3 is 2.88 bits per heavy atom. The van der Waals surface area contributed by atoms with Crippen molar-refractivity contribution < 1.29 is 0 Å². The van der Waals surface area contributed by atoms with Gasteiger partial charge in [0.05, 0.1) is 9.48 Å². The summed E-state index contributed by atoms with van der Waals surface area (Å²) in [5.74, 6) is 0. The van der Waals surface area contributed by atoms with E-state index in [-0.39, 0.29) is 0 Å². The Bertz CT molecular complexity index is 450. The van der Waals surface area contributed by atoms with Crippen LogP contribution >= 0.6 is 27.3 Å². The van der Waals surface area contributed by atoms with Crippen LogP contribution in [0.25, 0.3) is 0 Å². The van der Waals surface area contributed by atoms with Crippen molar-refractivity contribution in [3.05, 3.63) is 50.4 Å². The summed E-state index contributed by atoms with van der Waals surface area (Å²) in [4.78, 5) is 4.35. The number of pyridine rings is 1. The van der Waals surface area contributed by atoms with Crippen LogP contribution in [0, 0.1) is 6.92 Å². The number of halogens is 1. The van der Waals surface area contributed by atoms with Crippen LogP contribution in [0.2, 0.25) is 0 Å². The van der Waals surface area contributed by atoms with Crippen LogP contribution in [0.4, 0.5) is 0 Å². The van der Waals surface area contributed by atoms with E-state index < -0.39 is 0 Å². The van der Waals surface area contributed by atoms with Gasteiger partial charge in [0.1, 0.15) is 0 Å². The van der Waals surface area contributed by atoms with E-state index in [1.165, 1.54) is 14.9 Å². The van der Waals surface area contributed by atoms with Crippen LogP contribution in [0.5, 0.6) is 0 Å². The SMILES string of the molecule is Cc1ccc(CNCc2csc(Br)c2)nc1. The number of nitrogens with one attached hydrogen (secondary N) is 1. The van der Waals surface area contributed by atoms with Crippen LogP contribution in [0.1, 0.15) is 16.8 Å². The van der Waals surface area contributed by atoms with Gasteiger partial charge < -0.3 is 5.32 Å². The molecular weight excluding hydrogens is 284 g/mol. The summed E-state index contributed by atoms with van der Waals surface area (Å²) in [7, 11) is 0. The molecule has 0 aliphatic carbocycles. The molecule has 0 amide bonds. The van der Waals surface area contributed by atoms with Crippen LogP contribution in [-0.4, -0.2) is 4.98 Å². The molecular formula is C12H13BrN2S. The zero-order chi connectivity index (χ0) is 11.4. The Kier molecular flexibility index (Phi) is 4.09. The third-order valence-electron chi connectivity index (χ3n) is 2.23. The van der Waals surface area contributed by atoms with Gasteiger partial charge in [-0.25, -0.2) is 0 Å². The highest BCUT2D eigenvalue weighted by Gasteiger charge is 1.97. The van der Waals surface area contributed by atoms with E-state index in [2.05, 4.69) is 49.8 Å². The van der Waals surface area contributed by atoms with E-state index in [0.717, 1.165) is 18.8 Å². The van der Waals surface area contributed by atoms with Crippen molar-refractivity contribution >= 4 is 27.3 Å². The molecule has 16 heavy (non-hydrogen) atoms. The largest absolute Gasteiger partial charge is 0.307 e. The number of hydrogen-bond acceptors (Lipinski definition) is 3. The fraction of sp³-hybridized carbons (Fsp3) is 0.250. The molecule has 0 spiro atoms. The second-order valence-corrected chi connectivity index (χ2v) is 5.98.